The highest BCUT2D eigenvalue weighted by atomic mass is 16.5. The zero-order valence-electron chi connectivity index (χ0n) is 12.2. The van der Waals surface area contributed by atoms with Gasteiger partial charge in [-0.2, -0.15) is 0 Å². The van der Waals surface area contributed by atoms with Gasteiger partial charge in [-0.3, -0.25) is 0 Å². The van der Waals surface area contributed by atoms with Crippen molar-refractivity contribution in [3.63, 3.8) is 0 Å². The zero-order valence-corrected chi connectivity index (χ0v) is 12.2. The maximum atomic E-state index is 5.88. The second kappa shape index (κ2) is 7.24. The van der Waals surface area contributed by atoms with Crippen LogP contribution in [0.5, 0.6) is 5.75 Å². The van der Waals surface area contributed by atoms with Gasteiger partial charge in [0.1, 0.15) is 12.4 Å². The number of rotatable bonds is 7. The molecule has 18 heavy (non-hydrogen) atoms. The van der Waals surface area contributed by atoms with E-state index in [0.717, 1.165) is 18.8 Å². The second-order valence-corrected chi connectivity index (χ2v) is 4.83. The Kier molecular flexibility index (Phi) is 5.95. The Morgan fingerprint density at radius 2 is 1.89 bits per heavy atom. The maximum absolute atomic E-state index is 5.88. The number of likely N-dealkylation sites (N-methyl/N-ethyl adjacent to an activating group) is 1. The normalized spacial score (nSPS) is 10.8. The fraction of sp³-hybridized carbons (Fsp3) is 0.571. The Labute approximate surface area is 111 Å². The van der Waals surface area contributed by atoms with Crippen LogP contribution in [0.1, 0.15) is 5.56 Å². The van der Waals surface area contributed by atoms with Crippen LogP contribution in [0.15, 0.2) is 18.2 Å². The molecule has 0 saturated heterocycles. The number of ether oxygens (including phenoxy) is 1. The van der Waals surface area contributed by atoms with Crippen molar-refractivity contribution in [1.29, 1.82) is 0 Å². The van der Waals surface area contributed by atoms with Gasteiger partial charge in [0.2, 0.25) is 0 Å². The summed E-state index contributed by atoms with van der Waals surface area (Å²) in [5.74, 6) is 0.970. The van der Waals surface area contributed by atoms with Crippen LogP contribution in [0.25, 0.3) is 0 Å². The van der Waals surface area contributed by atoms with E-state index in [1.165, 1.54) is 11.3 Å². The van der Waals surface area contributed by atoms with Gasteiger partial charge in [0.25, 0.3) is 0 Å². The molecule has 102 valence electrons. The molecule has 4 nitrogen and oxygen atoms in total. The lowest BCUT2D eigenvalue weighted by atomic mass is 10.1. The van der Waals surface area contributed by atoms with E-state index in [9.17, 15) is 0 Å². The topological polar surface area (TPSA) is 27.7 Å². The molecule has 0 fully saturated rings. The van der Waals surface area contributed by atoms with E-state index >= 15 is 0 Å². The maximum Gasteiger partial charge on any atom is 0.125 e. The van der Waals surface area contributed by atoms with E-state index in [1.54, 1.807) is 0 Å². The lowest BCUT2D eigenvalue weighted by Crippen LogP contribution is -2.21. The Balaban J connectivity index is 2.85. The van der Waals surface area contributed by atoms with Crippen LogP contribution in [-0.2, 0) is 6.54 Å². The molecule has 0 aliphatic heterocycles. The lowest BCUT2D eigenvalue weighted by Gasteiger charge is -2.21. The molecule has 0 atom stereocenters. The summed E-state index contributed by atoms with van der Waals surface area (Å²) in [4.78, 5) is 4.24. The molecule has 0 saturated carbocycles. The molecule has 0 radical (unpaired) electrons. The standard InChI is InChI=1S/C14H25N3O/c1-15-11-12-13(17(4)5)7-6-8-14(12)18-10-9-16(2)3/h6-8,15H,9-11H2,1-5H3. The molecule has 0 aliphatic carbocycles. The number of benzene rings is 1. The molecule has 0 aromatic heterocycles. The number of hydrogen-bond acceptors (Lipinski definition) is 4. The smallest absolute Gasteiger partial charge is 0.125 e. The predicted octanol–water partition coefficient (Wildman–Crippen LogP) is 1.41. The third kappa shape index (κ3) is 4.20. The van der Waals surface area contributed by atoms with E-state index in [0.29, 0.717) is 6.61 Å². The number of nitrogens with one attached hydrogen (secondary N) is 1. The van der Waals surface area contributed by atoms with Gasteiger partial charge < -0.3 is 19.9 Å². The fourth-order valence-electron chi connectivity index (χ4n) is 1.80. The van der Waals surface area contributed by atoms with Crippen molar-refractivity contribution in [3.05, 3.63) is 23.8 Å². The molecule has 1 aromatic carbocycles. The summed E-state index contributed by atoms with van der Waals surface area (Å²) in [6.07, 6.45) is 0. The Hall–Kier alpha value is -1.26. The molecule has 1 rings (SSSR count). The predicted molar refractivity (Wildman–Crippen MR) is 77.6 cm³/mol. The largest absolute Gasteiger partial charge is 0.492 e. The summed E-state index contributed by atoms with van der Waals surface area (Å²) < 4.78 is 5.88. The van der Waals surface area contributed by atoms with Gasteiger partial charge in [0, 0.05) is 38.4 Å². The molecular formula is C14H25N3O. The summed E-state index contributed by atoms with van der Waals surface area (Å²) in [5, 5.41) is 3.20. The highest BCUT2D eigenvalue weighted by Gasteiger charge is 2.10. The van der Waals surface area contributed by atoms with E-state index in [2.05, 4.69) is 35.3 Å². The van der Waals surface area contributed by atoms with Crippen LogP contribution in [0, 0.1) is 0 Å². The number of hydrogen-bond donors (Lipinski definition) is 1. The molecule has 4 heteroatoms. The summed E-state index contributed by atoms with van der Waals surface area (Å²) >= 11 is 0. The van der Waals surface area contributed by atoms with Gasteiger partial charge in [-0.15, -0.1) is 0 Å². The van der Waals surface area contributed by atoms with E-state index in [-0.39, 0.29) is 0 Å². The minimum Gasteiger partial charge on any atom is -0.492 e. The zero-order chi connectivity index (χ0) is 13.5. The van der Waals surface area contributed by atoms with Gasteiger partial charge in [0.05, 0.1) is 0 Å². The van der Waals surface area contributed by atoms with Crippen molar-refractivity contribution in [2.75, 3.05) is 53.3 Å². The number of anilines is 1. The Bertz CT molecular complexity index is 364. The minimum atomic E-state index is 0.709. The molecule has 0 heterocycles. The Morgan fingerprint density at radius 3 is 2.44 bits per heavy atom. The van der Waals surface area contributed by atoms with Gasteiger partial charge >= 0.3 is 0 Å². The van der Waals surface area contributed by atoms with Crippen molar-refractivity contribution in [2.45, 2.75) is 6.54 Å². The van der Waals surface area contributed by atoms with Gasteiger partial charge in [0.15, 0.2) is 0 Å². The highest BCUT2D eigenvalue weighted by molar-refractivity contribution is 5.58. The summed E-state index contributed by atoms with van der Waals surface area (Å²) in [7, 11) is 10.2. The number of nitrogens with zero attached hydrogens (tertiary/aromatic N) is 2. The van der Waals surface area contributed by atoms with Gasteiger partial charge in [-0.25, -0.2) is 0 Å². The first-order valence-corrected chi connectivity index (χ1v) is 6.27. The van der Waals surface area contributed by atoms with E-state index in [4.69, 9.17) is 4.74 Å². The Morgan fingerprint density at radius 1 is 1.17 bits per heavy atom. The van der Waals surface area contributed by atoms with E-state index in [1.807, 2.05) is 33.3 Å². The van der Waals surface area contributed by atoms with Crippen molar-refractivity contribution >= 4 is 5.69 Å². The first kappa shape index (κ1) is 14.8. The molecule has 0 unspecified atom stereocenters. The SMILES string of the molecule is CNCc1c(OCCN(C)C)cccc1N(C)C. The quantitative estimate of drug-likeness (QED) is 0.793. The van der Waals surface area contributed by atoms with Crippen LogP contribution in [0.2, 0.25) is 0 Å². The first-order chi connectivity index (χ1) is 8.56. The lowest BCUT2D eigenvalue weighted by molar-refractivity contribution is 0.259. The van der Waals surface area contributed by atoms with Gasteiger partial charge in [-0.05, 0) is 33.3 Å². The molecule has 1 N–H and O–H groups in total. The van der Waals surface area contributed by atoms with Crippen LogP contribution in [-0.4, -0.2) is 53.3 Å². The second-order valence-electron chi connectivity index (χ2n) is 4.83. The minimum absolute atomic E-state index is 0.709. The van der Waals surface area contributed by atoms with Crippen molar-refractivity contribution in [2.24, 2.45) is 0 Å². The van der Waals surface area contributed by atoms with Crippen molar-refractivity contribution < 1.29 is 4.74 Å². The third-order valence-corrected chi connectivity index (χ3v) is 2.74. The molecule has 1 aromatic rings. The highest BCUT2D eigenvalue weighted by Crippen LogP contribution is 2.28. The molecule has 0 bridgehead atoms. The average molecular weight is 251 g/mol. The van der Waals surface area contributed by atoms with Crippen LogP contribution in [0.3, 0.4) is 0 Å². The third-order valence-electron chi connectivity index (χ3n) is 2.74. The molecular weight excluding hydrogens is 226 g/mol. The monoisotopic (exact) mass is 251 g/mol. The van der Waals surface area contributed by atoms with Gasteiger partial charge in [-0.1, -0.05) is 6.07 Å². The molecule has 0 aliphatic rings. The summed E-state index contributed by atoms with van der Waals surface area (Å²) in [6.45, 7) is 2.44. The van der Waals surface area contributed by atoms with E-state index < -0.39 is 0 Å². The van der Waals surface area contributed by atoms with Crippen molar-refractivity contribution in [3.8, 4) is 5.75 Å². The summed E-state index contributed by atoms with van der Waals surface area (Å²) in [6, 6.07) is 6.19. The molecule has 0 amide bonds. The summed E-state index contributed by atoms with van der Waals surface area (Å²) in [5.41, 5.74) is 2.41. The van der Waals surface area contributed by atoms with Crippen molar-refractivity contribution in [1.82, 2.24) is 10.2 Å². The first-order valence-electron chi connectivity index (χ1n) is 6.27. The average Bonchev–Trinajstić information content (AvgIpc) is 2.30. The molecule has 0 spiro atoms. The van der Waals surface area contributed by atoms with Crippen LogP contribution < -0.4 is 15.0 Å². The van der Waals surface area contributed by atoms with Crippen LogP contribution in [0.4, 0.5) is 5.69 Å². The van der Waals surface area contributed by atoms with Crippen LogP contribution >= 0.6 is 0 Å². The fourth-order valence-corrected chi connectivity index (χ4v) is 1.80.